The van der Waals surface area contributed by atoms with Gasteiger partial charge in [-0.15, -0.1) is 0 Å². The Hall–Kier alpha value is -2.73. The van der Waals surface area contributed by atoms with E-state index in [0.29, 0.717) is 11.5 Å². The summed E-state index contributed by atoms with van der Waals surface area (Å²) in [5, 5.41) is 4.17. The van der Waals surface area contributed by atoms with Crippen LogP contribution in [0.1, 0.15) is 11.1 Å². The third-order valence-corrected chi connectivity index (χ3v) is 3.88. The SMILES string of the molecule is Cc1cc(NNC(=S)Nc2ccccc2F)nc2c(C)cccc12. The van der Waals surface area contributed by atoms with Crippen LogP contribution in [-0.4, -0.2) is 10.1 Å². The number of nitrogens with one attached hydrogen (secondary N) is 3. The molecule has 1 heterocycles. The molecule has 0 spiro atoms. The highest BCUT2D eigenvalue weighted by atomic mass is 32.1. The molecule has 4 nitrogen and oxygen atoms in total. The molecule has 0 saturated carbocycles. The summed E-state index contributed by atoms with van der Waals surface area (Å²) in [6.45, 7) is 4.06. The van der Waals surface area contributed by atoms with Crippen LogP contribution in [0.3, 0.4) is 0 Å². The molecule has 0 aliphatic rings. The zero-order chi connectivity index (χ0) is 17.1. The third kappa shape index (κ3) is 3.44. The van der Waals surface area contributed by atoms with Crippen LogP contribution >= 0.6 is 12.2 Å². The number of hydrazine groups is 1. The van der Waals surface area contributed by atoms with Crippen LogP contribution in [-0.2, 0) is 0 Å². The molecule has 6 heteroatoms. The predicted molar refractivity (Wildman–Crippen MR) is 101 cm³/mol. The lowest BCUT2D eigenvalue weighted by molar-refractivity contribution is 0.632. The number of benzene rings is 2. The van der Waals surface area contributed by atoms with Crippen LogP contribution < -0.4 is 16.2 Å². The van der Waals surface area contributed by atoms with Gasteiger partial charge in [0, 0.05) is 5.39 Å². The zero-order valence-corrected chi connectivity index (χ0v) is 14.2. The Morgan fingerprint density at radius 2 is 1.83 bits per heavy atom. The van der Waals surface area contributed by atoms with Crippen molar-refractivity contribution in [2.24, 2.45) is 0 Å². The van der Waals surface area contributed by atoms with Gasteiger partial charge in [-0.25, -0.2) is 9.37 Å². The van der Waals surface area contributed by atoms with Crippen LogP contribution in [0.5, 0.6) is 0 Å². The number of hydrogen-bond acceptors (Lipinski definition) is 3. The van der Waals surface area contributed by atoms with E-state index >= 15 is 0 Å². The van der Waals surface area contributed by atoms with Crippen LogP contribution in [0.2, 0.25) is 0 Å². The normalized spacial score (nSPS) is 10.5. The highest BCUT2D eigenvalue weighted by Gasteiger charge is 2.06. The van der Waals surface area contributed by atoms with E-state index in [2.05, 4.69) is 21.2 Å². The number of aryl methyl sites for hydroxylation is 2. The first-order chi connectivity index (χ1) is 11.5. The Morgan fingerprint density at radius 3 is 2.62 bits per heavy atom. The molecule has 1 aromatic heterocycles. The fourth-order valence-corrected chi connectivity index (χ4v) is 2.62. The number of pyridine rings is 1. The number of anilines is 2. The van der Waals surface area contributed by atoms with E-state index in [1.54, 1.807) is 18.2 Å². The van der Waals surface area contributed by atoms with Crippen molar-refractivity contribution < 1.29 is 4.39 Å². The minimum Gasteiger partial charge on any atom is -0.329 e. The Bertz CT molecular complexity index is 911. The number of halogens is 1. The monoisotopic (exact) mass is 340 g/mol. The molecule has 0 radical (unpaired) electrons. The summed E-state index contributed by atoms with van der Waals surface area (Å²) in [7, 11) is 0. The summed E-state index contributed by atoms with van der Waals surface area (Å²) in [4.78, 5) is 4.60. The fraction of sp³-hybridized carbons (Fsp3) is 0.111. The number of thiocarbonyl (C=S) groups is 1. The van der Waals surface area contributed by atoms with E-state index in [1.165, 1.54) is 6.07 Å². The summed E-state index contributed by atoms with van der Waals surface area (Å²) >= 11 is 5.17. The van der Waals surface area contributed by atoms with E-state index in [-0.39, 0.29) is 10.9 Å². The maximum atomic E-state index is 13.6. The number of para-hydroxylation sites is 2. The van der Waals surface area contributed by atoms with Crippen molar-refractivity contribution in [3.8, 4) is 0 Å². The molecule has 0 fully saturated rings. The van der Waals surface area contributed by atoms with Crippen molar-refractivity contribution in [2.45, 2.75) is 13.8 Å². The number of fused-ring (bicyclic) bond motifs is 1. The molecule has 3 rings (SSSR count). The average Bonchev–Trinajstić information content (AvgIpc) is 2.56. The second-order valence-corrected chi connectivity index (χ2v) is 5.89. The van der Waals surface area contributed by atoms with Gasteiger partial charge >= 0.3 is 0 Å². The largest absolute Gasteiger partial charge is 0.329 e. The number of hydrogen-bond donors (Lipinski definition) is 3. The van der Waals surface area contributed by atoms with Gasteiger partial charge < -0.3 is 5.32 Å². The van der Waals surface area contributed by atoms with Gasteiger partial charge in [0.05, 0.1) is 11.2 Å². The van der Waals surface area contributed by atoms with Crippen molar-refractivity contribution in [3.05, 3.63) is 65.5 Å². The molecular weight excluding hydrogens is 323 g/mol. The van der Waals surface area contributed by atoms with Gasteiger partial charge in [-0.05, 0) is 55.4 Å². The summed E-state index contributed by atoms with van der Waals surface area (Å²) in [6.07, 6.45) is 0. The number of rotatable bonds is 3. The van der Waals surface area contributed by atoms with Gasteiger partial charge in [-0.2, -0.15) is 0 Å². The predicted octanol–water partition coefficient (Wildman–Crippen LogP) is 4.30. The van der Waals surface area contributed by atoms with Gasteiger partial charge in [-0.3, -0.25) is 10.9 Å². The highest BCUT2D eigenvalue weighted by Crippen LogP contribution is 2.22. The van der Waals surface area contributed by atoms with Crippen LogP contribution in [0.15, 0.2) is 48.5 Å². The molecular formula is C18H17FN4S. The molecule has 0 saturated heterocycles. The zero-order valence-electron chi connectivity index (χ0n) is 13.4. The fourth-order valence-electron chi connectivity index (χ4n) is 2.46. The maximum Gasteiger partial charge on any atom is 0.189 e. The van der Waals surface area contributed by atoms with Crippen molar-refractivity contribution >= 4 is 39.7 Å². The molecule has 0 bridgehead atoms. The maximum absolute atomic E-state index is 13.6. The Morgan fingerprint density at radius 1 is 1.04 bits per heavy atom. The molecule has 0 amide bonds. The topological polar surface area (TPSA) is 49.0 Å². The molecule has 122 valence electrons. The first-order valence-corrected chi connectivity index (χ1v) is 7.90. The van der Waals surface area contributed by atoms with Crippen LogP contribution in [0.25, 0.3) is 10.9 Å². The standard InChI is InChI=1S/C18H17FN4S/c1-11-6-5-7-13-12(2)10-16(21-17(11)13)22-23-18(24)20-15-9-4-3-8-14(15)19/h3-10H,1-2H3,(H,21,22)(H2,20,23,24). The van der Waals surface area contributed by atoms with Crippen molar-refractivity contribution in [3.63, 3.8) is 0 Å². The summed E-state index contributed by atoms with van der Waals surface area (Å²) < 4.78 is 13.6. The molecule has 0 aliphatic carbocycles. The Balaban J connectivity index is 1.73. The molecule has 24 heavy (non-hydrogen) atoms. The van der Waals surface area contributed by atoms with Crippen molar-refractivity contribution in [1.29, 1.82) is 0 Å². The Labute approximate surface area is 145 Å². The second-order valence-electron chi connectivity index (χ2n) is 5.48. The molecule has 3 aromatic rings. The smallest absolute Gasteiger partial charge is 0.189 e. The minimum atomic E-state index is -0.364. The van der Waals surface area contributed by atoms with Crippen molar-refractivity contribution in [2.75, 3.05) is 10.7 Å². The summed E-state index contributed by atoms with van der Waals surface area (Å²) in [5.74, 6) is 0.281. The highest BCUT2D eigenvalue weighted by molar-refractivity contribution is 7.80. The Kier molecular flexibility index (Phi) is 4.57. The van der Waals surface area contributed by atoms with E-state index in [1.807, 2.05) is 38.1 Å². The average molecular weight is 340 g/mol. The first-order valence-electron chi connectivity index (χ1n) is 7.49. The van der Waals surface area contributed by atoms with Crippen LogP contribution in [0.4, 0.5) is 15.9 Å². The molecule has 2 aromatic carbocycles. The van der Waals surface area contributed by atoms with Crippen LogP contribution in [0, 0.1) is 19.7 Å². The lowest BCUT2D eigenvalue weighted by Crippen LogP contribution is -2.34. The molecule has 0 unspecified atom stereocenters. The van der Waals surface area contributed by atoms with E-state index in [9.17, 15) is 4.39 Å². The number of aromatic nitrogens is 1. The minimum absolute atomic E-state index is 0.254. The first kappa shape index (κ1) is 16.1. The third-order valence-electron chi connectivity index (χ3n) is 3.67. The molecule has 3 N–H and O–H groups in total. The molecule has 0 atom stereocenters. The van der Waals surface area contributed by atoms with Gasteiger partial charge in [-0.1, -0.05) is 30.3 Å². The lowest BCUT2D eigenvalue weighted by atomic mass is 10.1. The van der Waals surface area contributed by atoms with Gasteiger partial charge in [0.1, 0.15) is 11.6 Å². The van der Waals surface area contributed by atoms with E-state index < -0.39 is 0 Å². The second kappa shape index (κ2) is 6.80. The van der Waals surface area contributed by atoms with Gasteiger partial charge in [0.15, 0.2) is 5.11 Å². The van der Waals surface area contributed by atoms with Gasteiger partial charge in [0.2, 0.25) is 0 Å². The number of nitrogens with zero attached hydrogens (tertiary/aromatic N) is 1. The van der Waals surface area contributed by atoms with Crippen molar-refractivity contribution in [1.82, 2.24) is 10.4 Å². The van der Waals surface area contributed by atoms with E-state index in [0.717, 1.165) is 22.0 Å². The lowest BCUT2D eigenvalue weighted by Gasteiger charge is -2.14. The summed E-state index contributed by atoms with van der Waals surface area (Å²) in [5.41, 5.74) is 9.25. The quantitative estimate of drug-likeness (QED) is 0.490. The summed E-state index contributed by atoms with van der Waals surface area (Å²) in [6, 6.07) is 14.4. The van der Waals surface area contributed by atoms with E-state index in [4.69, 9.17) is 12.2 Å². The molecule has 0 aliphatic heterocycles. The van der Waals surface area contributed by atoms with Gasteiger partial charge in [0.25, 0.3) is 0 Å².